The van der Waals surface area contributed by atoms with E-state index in [0.29, 0.717) is 28.5 Å². The van der Waals surface area contributed by atoms with Crippen LogP contribution in [0.2, 0.25) is 0 Å². The van der Waals surface area contributed by atoms with Crippen molar-refractivity contribution >= 4 is 28.2 Å². The van der Waals surface area contributed by atoms with Crippen LogP contribution >= 0.6 is 11.3 Å². The van der Waals surface area contributed by atoms with E-state index in [4.69, 9.17) is 10.5 Å². The largest absolute Gasteiger partial charge is 0.489 e. The number of amides is 2. The van der Waals surface area contributed by atoms with Gasteiger partial charge in [0.2, 0.25) is 0 Å². The zero-order chi connectivity index (χ0) is 19.5. The smallest absolute Gasteiger partial charge is 0.256 e. The minimum Gasteiger partial charge on any atom is -0.489 e. The van der Waals surface area contributed by atoms with Crippen LogP contribution in [0.1, 0.15) is 43.1 Å². The van der Waals surface area contributed by atoms with E-state index >= 15 is 0 Å². The number of hydrogen-bond donors (Lipinski definition) is 2. The Hall–Kier alpha value is -3.12. The number of thiophene rings is 1. The van der Waals surface area contributed by atoms with Crippen LogP contribution in [-0.4, -0.2) is 11.8 Å². The standard InChI is InChI=1S/C22H20N2O3S/c23-20(25)19-17-10-5-11-18(17)28-22(19)24-21(26)15-8-4-9-16(12-15)27-13-14-6-2-1-3-7-14/h1-4,6-9,12H,5,10-11,13H2,(H2,23,25)(H,24,26). The van der Waals surface area contributed by atoms with Crippen LogP contribution in [-0.2, 0) is 19.4 Å². The number of ether oxygens (including phenoxy) is 1. The molecule has 3 N–H and O–H groups in total. The molecule has 1 aliphatic carbocycles. The molecule has 3 aromatic rings. The van der Waals surface area contributed by atoms with Crippen LogP contribution in [0.15, 0.2) is 54.6 Å². The maximum atomic E-state index is 12.7. The number of rotatable bonds is 6. The number of carbonyl (C=O) groups is 2. The SMILES string of the molecule is NC(=O)c1c(NC(=O)c2cccc(OCc3ccccc3)c2)sc2c1CCC2. The molecule has 4 rings (SSSR count). The highest BCUT2D eigenvalue weighted by molar-refractivity contribution is 7.17. The molecule has 2 aromatic carbocycles. The average molecular weight is 392 g/mol. The molecule has 0 saturated heterocycles. The van der Waals surface area contributed by atoms with Crippen molar-refractivity contribution in [1.82, 2.24) is 0 Å². The third kappa shape index (κ3) is 3.77. The van der Waals surface area contributed by atoms with E-state index in [9.17, 15) is 9.59 Å². The lowest BCUT2D eigenvalue weighted by atomic mass is 10.1. The molecule has 1 heterocycles. The van der Waals surface area contributed by atoms with E-state index < -0.39 is 5.91 Å². The molecule has 6 heteroatoms. The van der Waals surface area contributed by atoms with Gasteiger partial charge in [0, 0.05) is 10.4 Å². The van der Waals surface area contributed by atoms with Crippen molar-refractivity contribution in [2.45, 2.75) is 25.9 Å². The lowest BCUT2D eigenvalue weighted by Gasteiger charge is -2.09. The van der Waals surface area contributed by atoms with Crippen LogP contribution in [0, 0.1) is 0 Å². The molecule has 0 radical (unpaired) electrons. The molecule has 1 aromatic heterocycles. The lowest BCUT2D eigenvalue weighted by molar-refractivity contribution is 0.100. The van der Waals surface area contributed by atoms with E-state index in [1.54, 1.807) is 18.2 Å². The van der Waals surface area contributed by atoms with Crippen molar-refractivity contribution in [2.75, 3.05) is 5.32 Å². The molecule has 28 heavy (non-hydrogen) atoms. The van der Waals surface area contributed by atoms with Gasteiger partial charge in [-0.1, -0.05) is 36.4 Å². The highest BCUT2D eigenvalue weighted by atomic mass is 32.1. The highest BCUT2D eigenvalue weighted by Crippen LogP contribution is 2.39. The summed E-state index contributed by atoms with van der Waals surface area (Å²) in [7, 11) is 0. The van der Waals surface area contributed by atoms with Gasteiger partial charge in [-0.2, -0.15) is 0 Å². The van der Waals surface area contributed by atoms with Crippen LogP contribution in [0.25, 0.3) is 0 Å². The number of carbonyl (C=O) groups excluding carboxylic acids is 2. The van der Waals surface area contributed by atoms with Gasteiger partial charge in [0.25, 0.3) is 11.8 Å². The number of benzene rings is 2. The van der Waals surface area contributed by atoms with Crippen LogP contribution < -0.4 is 15.8 Å². The lowest BCUT2D eigenvalue weighted by Crippen LogP contribution is -2.17. The van der Waals surface area contributed by atoms with Gasteiger partial charge >= 0.3 is 0 Å². The topological polar surface area (TPSA) is 81.4 Å². The molecule has 142 valence electrons. The van der Waals surface area contributed by atoms with E-state index in [0.717, 1.165) is 35.3 Å². The summed E-state index contributed by atoms with van der Waals surface area (Å²) in [6.07, 6.45) is 2.79. The van der Waals surface area contributed by atoms with Crippen molar-refractivity contribution in [2.24, 2.45) is 5.73 Å². The minimum absolute atomic E-state index is 0.285. The first-order valence-electron chi connectivity index (χ1n) is 9.14. The number of fused-ring (bicyclic) bond motifs is 1. The Morgan fingerprint density at radius 2 is 1.89 bits per heavy atom. The Morgan fingerprint density at radius 3 is 2.68 bits per heavy atom. The predicted octanol–water partition coefficient (Wildman–Crippen LogP) is 4.17. The fourth-order valence-corrected chi connectivity index (χ4v) is 4.69. The average Bonchev–Trinajstić information content (AvgIpc) is 3.28. The summed E-state index contributed by atoms with van der Waals surface area (Å²) < 4.78 is 5.79. The summed E-state index contributed by atoms with van der Waals surface area (Å²) in [5.74, 6) is -0.164. The van der Waals surface area contributed by atoms with Crippen molar-refractivity contribution < 1.29 is 14.3 Å². The third-order valence-corrected chi connectivity index (χ3v) is 5.95. The first-order valence-corrected chi connectivity index (χ1v) is 9.96. The fraction of sp³-hybridized carbons (Fsp3) is 0.182. The molecular formula is C22H20N2O3S. The fourth-order valence-electron chi connectivity index (χ4n) is 3.40. The Morgan fingerprint density at radius 1 is 1.07 bits per heavy atom. The summed E-state index contributed by atoms with van der Waals surface area (Å²) in [5.41, 5.74) is 8.54. The van der Waals surface area contributed by atoms with Gasteiger partial charge in [0.05, 0.1) is 5.56 Å². The Balaban J connectivity index is 1.49. The number of nitrogens with one attached hydrogen (secondary N) is 1. The Labute approximate surface area is 167 Å². The zero-order valence-electron chi connectivity index (χ0n) is 15.2. The molecule has 0 atom stereocenters. The first-order chi connectivity index (χ1) is 13.6. The molecule has 0 spiro atoms. The van der Waals surface area contributed by atoms with Crippen molar-refractivity contribution in [3.05, 3.63) is 81.7 Å². The summed E-state index contributed by atoms with van der Waals surface area (Å²) in [4.78, 5) is 25.8. The molecule has 0 aliphatic heterocycles. The minimum atomic E-state index is -0.491. The van der Waals surface area contributed by atoms with Crippen molar-refractivity contribution in [3.63, 3.8) is 0 Å². The number of primary amides is 1. The van der Waals surface area contributed by atoms with E-state index in [-0.39, 0.29) is 5.91 Å². The number of anilines is 1. The summed E-state index contributed by atoms with van der Waals surface area (Å²) >= 11 is 1.45. The van der Waals surface area contributed by atoms with Crippen molar-refractivity contribution in [3.8, 4) is 5.75 Å². The van der Waals surface area contributed by atoms with Crippen LogP contribution in [0.5, 0.6) is 5.75 Å². The van der Waals surface area contributed by atoms with Gasteiger partial charge in [0.15, 0.2) is 0 Å². The van der Waals surface area contributed by atoms with Crippen LogP contribution in [0.3, 0.4) is 0 Å². The maximum absolute atomic E-state index is 12.7. The summed E-state index contributed by atoms with van der Waals surface area (Å²) in [6.45, 7) is 0.426. The monoisotopic (exact) mass is 392 g/mol. The van der Waals surface area contributed by atoms with Gasteiger partial charge < -0.3 is 15.8 Å². The molecule has 0 unspecified atom stereocenters. The normalized spacial score (nSPS) is 12.4. The molecule has 0 bridgehead atoms. The molecular weight excluding hydrogens is 372 g/mol. The van der Waals surface area contributed by atoms with Gasteiger partial charge in [0.1, 0.15) is 17.4 Å². The second-order valence-electron chi connectivity index (χ2n) is 6.68. The second-order valence-corrected chi connectivity index (χ2v) is 7.79. The van der Waals surface area contributed by atoms with E-state index in [2.05, 4.69) is 5.32 Å². The van der Waals surface area contributed by atoms with Crippen LogP contribution in [0.4, 0.5) is 5.00 Å². The maximum Gasteiger partial charge on any atom is 0.256 e. The number of aryl methyl sites for hydroxylation is 1. The third-order valence-electron chi connectivity index (χ3n) is 4.74. The van der Waals surface area contributed by atoms with E-state index in [1.807, 2.05) is 36.4 Å². The molecule has 1 aliphatic rings. The number of nitrogens with two attached hydrogens (primary N) is 1. The Kier molecular flexibility index (Phi) is 5.12. The highest BCUT2D eigenvalue weighted by Gasteiger charge is 2.26. The quantitative estimate of drug-likeness (QED) is 0.661. The van der Waals surface area contributed by atoms with E-state index in [1.165, 1.54) is 11.3 Å². The molecule has 0 fully saturated rings. The van der Waals surface area contributed by atoms with Gasteiger partial charge in [-0.15, -0.1) is 11.3 Å². The Bertz CT molecular complexity index is 1030. The summed E-state index contributed by atoms with van der Waals surface area (Å²) in [5, 5.41) is 3.40. The van der Waals surface area contributed by atoms with Gasteiger partial charge in [-0.3, -0.25) is 9.59 Å². The van der Waals surface area contributed by atoms with Crippen molar-refractivity contribution in [1.29, 1.82) is 0 Å². The van der Waals surface area contributed by atoms with Gasteiger partial charge in [-0.05, 0) is 48.6 Å². The predicted molar refractivity (Wildman–Crippen MR) is 110 cm³/mol. The first kappa shape index (κ1) is 18.3. The van der Waals surface area contributed by atoms with Gasteiger partial charge in [-0.25, -0.2) is 0 Å². The number of hydrogen-bond acceptors (Lipinski definition) is 4. The molecule has 5 nitrogen and oxygen atoms in total. The molecule has 2 amide bonds. The zero-order valence-corrected chi connectivity index (χ0v) is 16.1. The summed E-state index contributed by atoms with van der Waals surface area (Å²) in [6, 6.07) is 16.8. The molecule has 0 saturated carbocycles. The second kappa shape index (κ2) is 7.86.